The van der Waals surface area contributed by atoms with Gasteiger partial charge in [0.1, 0.15) is 5.01 Å². The number of nitrogens with zero attached hydrogens (tertiary/aromatic N) is 1. The summed E-state index contributed by atoms with van der Waals surface area (Å²) in [6.07, 6.45) is 5.02. The Bertz CT molecular complexity index is 595. The summed E-state index contributed by atoms with van der Waals surface area (Å²) in [5.74, 6) is 0.447. The molecule has 0 atom stereocenters. The van der Waals surface area contributed by atoms with Crippen molar-refractivity contribution in [3.05, 3.63) is 51.5 Å². The maximum atomic E-state index is 5.95. The van der Waals surface area contributed by atoms with Crippen molar-refractivity contribution in [2.24, 2.45) is 5.73 Å². The molecule has 1 aromatic carbocycles. The minimum absolute atomic E-state index is 0.128. The van der Waals surface area contributed by atoms with Crippen molar-refractivity contribution in [2.45, 2.75) is 57.4 Å². The molecule has 1 aromatic heterocycles. The summed E-state index contributed by atoms with van der Waals surface area (Å²) < 4.78 is 0. The molecule has 2 nitrogen and oxygen atoms in total. The van der Waals surface area contributed by atoms with Crippen LogP contribution in [0.1, 0.15) is 66.6 Å². The zero-order chi connectivity index (χ0) is 14.9. The lowest BCUT2D eigenvalue weighted by Crippen LogP contribution is -2.23. The average Bonchev–Trinajstić information content (AvgIpc) is 3.15. The van der Waals surface area contributed by atoms with Gasteiger partial charge < -0.3 is 5.73 Å². The Morgan fingerprint density at radius 3 is 2.38 bits per heavy atom. The zero-order valence-electron chi connectivity index (χ0n) is 12.9. The highest BCUT2D eigenvalue weighted by atomic mass is 32.1. The Kier molecular flexibility index (Phi) is 4.14. The maximum Gasteiger partial charge on any atom is 0.104 e. The van der Waals surface area contributed by atoms with E-state index < -0.39 is 0 Å². The number of thiazole rings is 1. The molecule has 0 aliphatic heterocycles. The summed E-state index contributed by atoms with van der Waals surface area (Å²) in [7, 11) is 0. The Labute approximate surface area is 131 Å². The fourth-order valence-corrected chi connectivity index (χ4v) is 4.89. The van der Waals surface area contributed by atoms with Gasteiger partial charge in [0.25, 0.3) is 0 Å². The number of nitrogens with two attached hydrogens (primary N) is 1. The van der Waals surface area contributed by atoms with Gasteiger partial charge >= 0.3 is 0 Å². The Morgan fingerprint density at radius 2 is 1.86 bits per heavy atom. The Balaban J connectivity index is 2.11. The second-order valence-electron chi connectivity index (χ2n) is 6.34. The third kappa shape index (κ3) is 2.53. The Hall–Kier alpha value is -1.19. The number of hydrogen-bond donors (Lipinski definition) is 1. The first-order valence-electron chi connectivity index (χ1n) is 7.93. The summed E-state index contributed by atoms with van der Waals surface area (Å²) in [5.41, 5.74) is 8.71. The van der Waals surface area contributed by atoms with Gasteiger partial charge in [-0.1, -0.05) is 57.0 Å². The van der Waals surface area contributed by atoms with E-state index in [-0.39, 0.29) is 5.41 Å². The maximum absolute atomic E-state index is 5.95. The second-order valence-corrected chi connectivity index (χ2v) is 7.43. The van der Waals surface area contributed by atoms with Gasteiger partial charge in [0.15, 0.2) is 0 Å². The molecule has 0 amide bonds. The van der Waals surface area contributed by atoms with Crippen molar-refractivity contribution in [1.29, 1.82) is 0 Å². The van der Waals surface area contributed by atoms with Gasteiger partial charge in [-0.05, 0) is 24.3 Å². The number of hydrogen-bond acceptors (Lipinski definition) is 3. The largest absolute Gasteiger partial charge is 0.326 e. The quantitative estimate of drug-likeness (QED) is 0.897. The van der Waals surface area contributed by atoms with E-state index in [9.17, 15) is 0 Å². The SMILES string of the molecule is CC(C)c1nc(C2(c3ccccc3)CCCC2)sc1CN. The van der Waals surface area contributed by atoms with Crippen LogP contribution in [0.25, 0.3) is 0 Å². The van der Waals surface area contributed by atoms with Crippen molar-refractivity contribution in [3.8, 4) is 0 Å². The van der Waals surface area contributed by atoms with Crippen LogP contribution in [0, 0.1) is 0 Å². The number of rotatable bonds is 4. The Morgan fingerprint density at radius 1 is 1.19 bits per heavy atom. The van der Waals surface area contributed by atoms with Crippen molar-refractivity contribution in [2.75, 3.05) is 0 Å². The average molecular weight is 300 g/mol. The molecule has 1 aliphatic rings. The van der Waals surface area contributed by atoms with Crippen LogP contribution >= 0.6 is 11.3 Å². The fourth-order valence-electron chi connectivity index (χ4n) is 3.53. The fraction of sp³-hybridized carbons (Fsp3) is 0.500. The van der Waals surface area contributed by atoms with Gasteiger partial charge in [-0.25, -0.2) is 4.98 Å². The molecule has 1 aliphatic carbocycles. The predicted molar refractivity (Wildman–Crippen MR) is 89.8 cm³/mol. The molecule has 1 saturated carbocycles. The topological polar surface area (TPSA) is 38.9 Å². The van der Waals surface area contributed by atoms with Gasteiger partial charge in [-0.15, -0.1) is 11.3 Å². The van der Waals surface area contributed by atoms with Gasteiger partial charge in [0, 0.05) is 16.8 Å². The van der Waals surface area contributed by atoms with Crippen molar-refractivity contribution >= 4 is 11.3 Å². The molecular formula is C18H24N2S. The van der Waals surface area contributed by atoms with Crippen LogP contribution in [0.5, 0.6) is 0 Å². The van der Waals surface area contributed by atoms with Gasteiger partial charge in [0.05, 0.1) is 5.69 Å². The molecule has 3 heteroatoms. The van der Waals surface area contributed by atoms with Crippen molar-refractivity contribution in [1.82, 2.24) is 4.98 Å². The molecule has 112 valence electrons. The third-order valence-electron chi connectivity index (χ3n) is 4.65. The minimum Gasteiger partial charge on any atom is -0.326 e. The van der Waals surface area contributed by atoms with Crippen LogP contribution in [0.2, 0.25) is 0 Å². The van der Waals surface area contributed by atoms with Gasteiger partial charge in [0.2, 0.25) is 0 Å². The van der Waals surface area contributed by atoms with E-state index in [2.05, 4.69) is 44.2 Å². The van der Waals surface area contributed by atoms with Crippen LogP contribution in [-0.2, 0) is 12.0 Å². The first-order valence-corrected chi connectivity index (χ1v) is 8.74. The first-order chi connectivity index (χ1) is 10.2. The molecule has 0 bridgehead atoms. The first kappa shape index (κ1) is 14.7. The summed E-state index contributed by atoms with van der Waals surface area (Å²) in [6, 6.07) is 10.9. The minimum atomic E-state index is 0.128. The van der Waals surface area contributed by atoms with E-state index in [1.165, 1.54) is 46.8 Å². The highest BCUT2D eigenvalue weighted by molar-refractivity contribution is 7.12. The molecule has 2 N–H and O–H groups in total. The number of aromatic nitrogens is 1. The van der Waals surface area contributed by atoms with E-state index in [0.29, 0.717) is 12.5 Å². The van der Waals surface area contributed by atoms with Crippen LogP contribution in [0.15, 0.2) is 30.3 Å². The van der Waals surface area contributed by atoms with E-state index in [0.717, 1.165) is 0 Å². The molecule has 2 aromatic rings. The highest BCUT2D eigenvalue weighted by Gasteiger charge is 2.40. The normalized spacial score (nSPS) is 17.5. The lowest BCUT2D eigenvalue weighted by molar-refractivity contribution is 0.529. The lowest BCUT2D eigenvalue weighted by Gasteiger charge is -2.27. The van der Waals surface area contributed by atoms with Crippen LogP contribution in [-0.4, -0.2) is 4.98 Å². The smallest absolute Gasteiger partial charge is 0.104 e. The molecule has 0 saturated heterocycles. The summed E-state index contributed by atoms with van der Waals surface area (Å²) in [4.78, 5) is 6.32. The molecule has 0 radical (unpaired) electrons. The van der Waals surface area contributed by atoms with E-state index >= 15 is 0 Å². The van der Waals surface area contributed by atoms with E-state index in [1.54, 1.807) is 0 Å². The van der Waals surface area contributed by atoms with Crippen LogP contribution in [0.3, 0.4) is 0 Å². The summed E-state index contributed by atoms with van der Waals surface area (Å²) in [5, 5.41) is 1.29. The molecular weight excluding hydrogens is 276 g/mol. The monoisotopic (exact) mass is 300 g/mol. The second kappa shape index (κ2) is 5.90. The van der Waals surface area contributed by atoms with Crippen molar-refractivity contribution < 1.29 is 0 Å². The summed E-state index contributed by atoms with van der Waals surface area (Å²) in [6.45, 7) is 5.03. The van der Waals surface area contributed by atoms with Gasteiger partial charge in [-0.2, -0.15) is 0 Å². The highest BCUT2D eigenvalue weighted by Crippen LogP contribution is 2.48. The lowest BCUT2D eigenvalue weighted by atomic mass is 9.79. The van der Waals surface area contributed by atoms with Crippen molar-refractivity contribution in [3.63, 3.8) is 0 Å². The summed E-state index contributed by atoms with van der Waals surface area (Å²) >= 11 is 1.84. The molecule has 0 spiro atoms. The molecule has 21 heavy (non-hydrogen) atoms. The van der Waals surface area contributed by atoms with E-state index in [4.69, 9.17) is 10.7 Å². The molecule has 1 heterocycles. The number of benzene rings is 1. The van der Waals surface area contributed by atoms with Crippen LogP contribution in [0.4, 0.5) is 0 Å². The zero-order valence-corrected chi connectivity index (χ0v) is 13.7. The third-order valence-corrected chi connectivity index (χ3v) is 5.95. The molecule has 3 rings (SSSR count). The van der Waals surface area contributed by atoms with E-state index in [1.807, 2.05) is 11.3 Å². The molecule has 0 unspecified atom stereocenters. The van der Waals surface area contributed by atoms with Gasteiger partial charge in [-0.3, -0.25) is 0 Å². The molecule has 1 fully saturated rings. The predicted octanol–water partition coefficient (Wildman–Crippen LogP) is 4.59. The standard InChI is InChI=1S/C18H24N2S/c1-13(2)16-15(12-19)21-17(20-16)18(10-6-7-11-18)14-8-4-3-5-9-14/h3-5,8-9,13H,6-7,10-12,19H2,1-2H3. The van der Waals surface area contributed by atoms with Crippen LogP contribution < -0.4 is 5.73 Å².